The first-order valence-corrected chi connectivity index (χ1v) is 9.01. The molecule has 0 unspecified atom stereocenters. The van der Waals surface area contributed by atoms with Gasteiger partial charge in [-0.05, 0) is 31.2 Å². The third-order valence-electron chi connectivity index (χ3n) is 3.20. The summed E-state index contributed by atoms with van der Waals surface area (Å²) in [4.78, 5) is 16.5. The molecule has 0 aliphatic rings. The van der Waals surface area contributed by atoms with Crippen molar-refractivity contribution in [1.82, 2.24) is 4.98 Å². The first-order valence-electron chi connectivity index (χ1n) is 6.65. The standard InChI is InChI=1S/C15H13N3O3S2/c1-9-6-7-13(23(16,20)21)10(8-9)14(19)18-15-17-11-4-2-3-5-12(11)22-15/h2-8H,1H3,(H2,16,20,21)(H,17,18,19). The van der Waals surface area contributed by atoms with Crippen LogP contribution in [0.2, 0.25) is 0 Å². The topological polar surface area (TPSA) is 102 Å². The molecule has 0 radical (unpaired) electrons. The summed E-state index contributed by atoms with van der Waals surface area (Å²) in [6.07, 6.45) is 0. The van der Waals surface area contributed by atoms with Crippen LogP contribution in [-0.2, 0) is 10.0 Å². The minimum atomic E-state index is -3.99. The third kappa shape index (κ3) is 3.24. The number of rotatable bonds is 3. The average molecular weight is 347 g/mol. The lowest BCUT2D eigenvalue weighted by Gasteiger charge is -2.08. The molecule has 0 aliphatic heterocycles. The predicted octanol–water partition coefficient (Wildman–Crippen LogP) is 2.50. The van der Waals surface area contributed by atoms with Crippen LogP contribution in [-0.4, -0.2) is 19.3 Å². The summed E-state index contributed by atoms with van der Waals surface area (Å²) in [6.45, 7) is 1.77. The first-order chi connectivity index (χ1) is 10.8. The maximum atomic E-state index is 12.4. The van der Waals surface area contributed by atoms with E-state index in [2.05, 4.69) is 10.3 Å². The fraction of sp³-hybridized carbons (Fsp3) is 0.0667. The molecule has 1 heterocycles. The lowest BCUT2D eigenvalue weighted by atomic mass is 10.1. The number of para-hydroxylation sites is 1. The van der Waals surface area contributed by atoms with E-state index in [4.69, 9.17) is 5.14 Å². The number of anilines is 1. The van der Waals surface area contributed by atoms with E-state index >= 15 is 0 Å². The highest BCUT2D eigenvalue weighted by Crippen LogP contribution is 2.26. The molecule has 3 rings (SSSR count). The maximum absolute atomic E-state index is 12.4. The average Bonchev–Trinajstić information content (AvgIpc) is 2.87. The van der Waals surface area contributed by atoms with Gasteiger partial charge in [0.15, 0.2) is 5.13 Å². The minimum Gasteiger partial charge on any atom is -0.298 e. The Kier molecular flexibility index (Phi) is 3.88. The van der Waals surface area contributed by atoms with E-state index < -0.39 is 15.9 Å². The normalized spacial score (nSPS) is 11.6. The Hall–Kier alpha value is -2.29. The van der Waals surface area contributed by atoms with Gasteiger partial charge in [-0.1, -0.05) is 35.1 Å². The Bertz CT molecular complexity index is 977. The molecule has 3 N–H and O–H groups in total. The van der Waals surface area contributed by atoms with Gasteiger partial charge >= 0.3 is 0 Å². The van der Waals surface area contributed by atoms with Crippen LogP contribution >= 0.6 is 11.3 Å². The van der Waals surface area contributed by atoms with Gasteiger partial charge in [0.1, 0.15) is 0 Å². The molecule has 0 bridgehead atoms. The number of nitrogens with one attached hydrogen (secondary N) is 1. The number of hydrogen-bond acceptors (Lipinski definition) is 5. The van der Waals surface area contributed by atoms with Crippen molar-refractivity contribution in [3.8, 4) is 0 Å². The van der Waals surface area contributed by atoms with Crippen molar-refractivity contribution in [3.05, 3.63) is 53.6 Å². The first kappa shape index (κ1) is 15.6. The number of nitrogens with two attached hydrogens (primary N) is 1. The SMILES string of the molecule is Cc1ccc(S(N)(=O)=O)c(C(=O)Nc2nc3ccccc3s2)c1. The van der Waals surface area contributed by atoms with Crippen molar-refractivity contribution in [2.75, 3.05) is 5.32 Å². The number of primary sulfonamides is 1. The summed E-state index contributed by atoms with van der Waals surface area (Å²) in [7, 11) is -3.99. The van der Waals surface area contributed by atoms with Crippen LogP contribution in [0, 0.1) is 6.92 Å². The number of carbonyl (C=O) groups is 1. The molecule has 1 amide bonds. The summed E-state index contributed by atoms with van der Waals surface area (Å²) in [5.74, 6) is -0.559. The molecule has 118 valence electrons. The van der Waals surface area contributed by atoms with E-state index in [1.54, 1.807) is 13.0 Å². The lowest BCUT2D eigenvalue weighted by Crippen LogP contribution is -2.20. The fourth-order valence-corrected chi connectivity index (χ4v) is 3.74. The van der Waals surface area contributed by atoms with E-state index in [1.807, 2.05) is 24.3 Å². The second kappa shape index (κ2) is 5.73. The Morgan fingerprint density at radius 3 is 2.65 bits per heavy atom. The highest BCUT2D eigenvalue weighted by atomic mass is 32.2. The van der Waals surface area contributed by atoms with Crippen LogP contribution in [0.4, 0.5) is 5.13 Å². The van der Waals surface area contributed by atoms with Gasteiger partial charge < -0.3 is 0 Å². The van der Waals surface area contributed by atoms with Gasteiger partial charge in [-0.2, -0.15) is 0 Å². The number of carbonyl (C=O) groups excluding carboxylic acids is 1. The second-order valence-corrected chi connectivity index (χ2v) is 7.55. The van der Waals surface area contributed by atoms with Crippen molar-refractivity contribution in [3.63, 3.8) is 0 Å². The van der Waals surface area contributed by atoms with E-state index in [0.29, 0.717) is 5.13 Å². The summed E-state index contributed by atoms with van der Waals surface area (Å²) in [5, 5.41) is 8.22. The molecule has 0 aliphatic carbocycles. The van der Waals surface area contributed by atoms with E-state index in [1.165, 1.54) is 23.5 Å². The Labute approximate surface area is 137 Å². The molecule has 0 atom stereocenters. The summed E-state index contributed by atoms with van der Waals surface area (Å²) < 4.78 is 24.2. The Morgan fingerprint density at radius 1 is 1.22 bits per heavy atom. The van der Waals surface area contributed by atoms with Crippen molar-refractivity contribution in [1.29, 1.82) is 0 Å². The smallest absolute Gasteiger partial charge is 0.258 e. The maximum Gasteiger partial charge on any atom is 0.258 e. The number of thiazole rings is 1. The molecule has 1 aromatic heterocycles. The number of aromatic nitrogens is 1. The fourth-order valence-electron chi connectivity index (χ4n) is 2.16. The molecule has 0 fully saturated rings. The number of benzene rings is 2. The van der Waals surface area contributed by atoms with Gasteiger partial charge in [0.25, 0.3) is 5.91 Å². The monoisotopic (exact) mass is 347 g/mol. The third-order valence-corrected chi connectivity index (χ3v) is 5.12. The predicted molar refractivity (Wildman–Crippen MR) is 90.1 cm³/mol. The van der Waals surface area contributed by atoms with Gasteiger partial charge in [0, 0.05) is 0 Å². The summed E-state index contributed by atoms with van der Waals surface area (Å²) in [6, 6.07) is 11.9. The quantitative estimate of drug-likeness (QED) is 0.760. The number of fused-ring (bicyclic) bond motifs is 1. The number of amides is 1. The molecule has 23 heavy (non-hydrogen) atoms. The van der Waals surface area contributed by atoms with Crippen LogP contribution in [0.25, 0.3) is 10.2 Å². The van der Waals surface area contributed by atoms with Crippen molar-refractivity contribution in [2.45, 2.75) is 11.8 Å². The molecular weight excluding hydrogens is 334 g/mol. The Morgan fingerprint density at radius 2 is 1.96 bits per heavy atom. The second-order valence-electron chi connectivity index (χ2n) is 4.99. The number of aryl methyl sites for hydroxylation is 1. The van der Waals surface area contributed by atoms with Gasteiger partial charge in [-0.15, -0.1) is 0 Å². The van der Waals surface area contributed by atoms with Gasteiger partial charge in [-0.3, -0.25) is 10.1 Å². The number of hydrogen-bond donors (Lipinski definition) is 2. The lowest BCUT2D eigenvalue weighted by molar-refractivity contribution is 0.102. The molecule has 0 spiro atoms. The van der Waals surface area contributed by atoms with Crippen LogP contribution < -0.4 is 10.5 Å². The zero-order chi connectivity index (χ0) is 16.6. The van der Waals surface area contributed by atoms with Crippen LogP contribution in [0.5, 0.6) is 0 Å². The van der Waals surface area contributed by atoms with Crippen molar-refractivity contribution < 1.29 is 13.2 Å². The number of sulfonamides is 1. The van der Waals surface area contributed by atoms with Gasteiger partial charge in [-0.25, -0.2) is 18.5 Å². The van der Waals surface area contributed by atoms with E-state index in [0.717, 1.165) is 15.8 Å². The van der Waals surface area contributed by atoms with Gasteiger partial charge in [0.2, 0.25) is 10.0 Å². The van der Waals surface area contributed by atoms with E-state index in [-0.39, 0.29) is 10.5 Å². The summed E-state index contributed by atoms with van der Waals surface area (Å²) >= 11 is 1.31. The molecule has 2 aromatic carbocycles. The summed E-state index contributed by atoms with van der Waals surface area (Å²) in [5.41, 5.74) is 1.53. The number of nitrogens with zero attached hydrogens (tertiary/aromatic N) is 1. The molecule has 3 aromatic rings. The molecule has 6 nitrogen and oxygen atoms in total. The molecule has 0 saturated carbocycles. The van der Waals surface area contributed by atoms with Crippen LogP contribution in [0.15, 0.2) is 47.4 Å². The largest absolute Gasteiger partial charge is 0.298 e. The van der Waals surface area contributed by atoms with Crippen LogP contribution in [0.1, 0.15) is 15.9 Å². The zero-order valence-corrected chi connectivity index (χ0v) is 13.7. The molecule has 8 heteroatoms. The molecular formula is C15H13N3O3S2. The Balaban J connectivity index is 1.99. The highest BCUT2D eigenvalue weighted by Gasteiger charge is 2.20. The minimum absolute atomic E-state index is 0.00626. The zero-order valence-electron chi connectivity index (χ0n) is 12.1. The molecule has 0 saturated heterocycles. The van der Waals surface area contributed by atoms with Gasteiger partial charge in [0.05, 0.1) is 20.7 Å². The highest BCUT2D eigenvalue weighted by molar-refractivity contribution is 7.89. The van der Waals surface area contributed by atoms with Crippen molar-refractivity contribution >= 4 is 42.6 Å². The van der Waals surface area contributed by atoms with E-state index in [9.17, 15) is 13.2 Å². The van der Waals surface area contributed by atoms with Crippen LogP contribution in [0.3, 0.4) is 0 Å². The van der Waals surface area contributed by atoms with Crippen molar-refractivity contribution in [2.24, 2.45) is 5.14 Å².